The van der Waals surface area contributed by atoms with E-state index in [1.807, 2.05) is 36.6 Å². The number of carbonyl (C=O) groups excluding carboxylic acids is 1. The molecule has 3 heteroatoms. The Kier molecular flexibility index (Phi) is 11.1. The molecule has 0 spiro atoms. The van der Waals surface area contributed by atoms with Gasteiger partial charge in [-0.05, 0) is 37.1 Å². The molecule has 0 aromatic heterocycles. The van der Waals surface area contributed by atoms with Gasteiger partial charge < -0.3 is 5.73 Å². The Labute approximate surface area is 109 Å². The molecular formula is C14H23NOS. The van der Waals surface area contributed by atoms with E-state index >= 15 is 0 Å². The molecule has 0 aromatic carbocycles. The highest BCUT2D eigenvalue weighted by Gasteiger charge is 2.03. The highest BCUT2D eigenvalue weighted by atomic mass is 32.2. The molecule has 0 fully saturated rings. The first kappa shape index (κ1) is 16.2. The second-order valence-electron chi connectivity index (χ2n) is 3.64. The molecule has 0 saturated carbocycles. The summed E-state index contributed by atoms with van der Waals surface area (Å²) in [6, 6.07) is 0. The lowest BCUT2D eigenvalue weighted by Crippen LogP contribution is -2.08. The predicted molar refractivity (Wildman–Crippen MR) is 78.1 cm³/mol. The molecule has 0 unspecified atom stereocenters. The van der Waals surface area contributed by atoms with Gasteiger partial charge in [0, 0.05) is 12.0 Å². The molecule has 0 rings (SSSR count). The predicted octanol–water partition coefficient (Wildman–Crippen LogP) is 3.45. The first-order chi connectivity index (χ1) is 8.26. The van der Waals surface area contributed by atoms with Crippen LogP contribution in [-0.4, -0.2) is 18.1 Å². The smallest absolute Gasteiger partial charge is 0.164 e. The third-order valence-electron chi connectivity index (χ3n) is 2.12. The highest BCUT2D eigenvalue weighted by Crippen LogP contribution is 2.10. The Balaban J connectivity index is 4.34. The number of rotatable bonds is 9. The molecule has 17 heavy (non-hydrogen) atoms. The summed E-state index contributed by atoms with van der Waals surface area (Å²) >= 11 is 1.75. The molecule has 0 radical (unpaired) electrons. The van der Waals surface area contributed by atoms with Crippen LogP contribution < -0.4 is 5.73 Å². The largest absolute Gasteiger partial charge is 0.330 e. The standard InChI is InChI=1S/C14H23NOS/c1-3-5-7-13(14(16)8-10-15)9-12-17-11-6-4-2/h3,5,7,9,12H,4,6,8,10-11,15H2,1-2H3/b5-3-,12-9+,13-7+. The molecule has 0 atom stereocenters. The van der Waals surface area contributed by atoms with E-state index in [4.69, 9.17) is 5.73 Å². The summed E-state index contributed by atoms with van der Waals surface area (Å²) in [5, 5.41) is 2.00. The zero-order valence-corrected chi connectivity index (χ0v) is 11.6. The van der Waals surface area contributed by atoms with Crippen LogP contribution in [0.3, 0.4) is 0 Å². The molecule has 0 aliphatic heterocycles. The Morgan fingerprint density at radius 3 is 2.76 bits per heavy atom. The third kappa shape index (κ3) is 8.95. The quantitative estimate of drug-likeness (QED) is 0.389. The molecule has 0 heterocycles. The number of unbranched alkanes of at least 4 members (excludes halogenated alkanes) is 1. The minimum absolute atomic E-state index is 0.109. The molecule has 0 aliphatic carbocycles. The minimum Gasteiger partial charge on any atom is -0.330 e. The summed E-state index contributed by atoms with van der Waals surface area (Å²) in [5.41, 5.74) is 6.13. The highest BCUT2D eigenvalue weighted by molar-refractivity contribution is 8.02. The van der Waals surface area contributed by atoms with Gasteiger partial charge in [0.15, 0.2) is 5.78 Å². The second kappa shape index (κ2) is 11.7. The molecule has 96 valence electrons. The van der Waals surface area contributed by atoms with E-state index in [0.717, 1.165) is 11.3 Å². The Hall–Kier alpha value is -0.800. The number of ketones is 1. The number of allylic oxidation sites excluding steroid dienone is 5. The first-order valence-corrected chi connectivity index (χ1v) is 7.15. The normalized spacial score (nSPS) is 12.8. The van der Waals surface area contributed by atoms with Crippen molar-refractivity contribution in [3.05, 3.63) is 35.3 Å². The summed E-state index contributed by atoms with van der Waals surface area (Å²) in [6.45, 7) is 4.51. The topological polar surface area (TPSA) is 43.1 Å². The molecule has 0 aromatic rings. The van der Waals surface area contributed by atoms with Gasteiger partial charge in [-0.2, -0.15) is 0 Å². The molecule has 0 amide bonds. The summed E-state index contributed by atoms with van der Waals surface area (Å²) in [7, 11) is 0. The van der Waals surface area contributed by atoms with Gasteiger partial charge in [0.1, 0.15) is 0 Å². The van der Waals surface area contributed by atoms with Crippen molar-refractivity contribution in [2.75, 3.05) is 12.3 Å². The Morgan fingerprint density at radius 1 is 1.41 bits per heavy atom. The molecule has 0 bridgehead atoms. The van der Waals surface area contributed by atoms with Crippen molar-refractivity contribution < 1.29 is 4.79 Å². The first-order valence-electron chi connectivity index (χ1n) is 6.10. The van der Waals surface area contributed by atoms with E-state index in [2.05, 4.69) is 6.92 Å². The van der Waals surface area contributed by atoms with Crippen molar-refractivity contribution in [3.63, 3.8) is 0 Å². The van der Waals surface area contributed by atoms with Crippen LogP contribution in [0.4, 0.5) is 0 Å². The van der Waals surface area contributed by atoms with Crippen LogP contribution in [0.15, 0.2) is 35.3 Å². The van der Waals surface area contributed by atoms with Crippen molar-refractivity contribution >= 4 is 17.5 Å². The lowest BCUT2D eigenvalue weighted by atomic mass is 10.1. The lowest BCUT2D eigenvalue weighted by Gasteiger charge is -1.99. The number of hydrogen-bond donors (Lipinski definition) is 1. The maximum absolute atomic E-state index is 11.7. The van der Waals surface area contributed by atoms with E-state index in [1.54, 1.807) is 11.8 Å². The van der Waals surface area contributed by atoms with E-state index < -0.39 is 0 Å². The second-order valence-corrected chi connectivity index (χ2v) is 4.65. The van der Waals surface area contributed by atoms with Gasteiger partial charge in [-0.1, -0.05) is 31.6 Å². The summed E-state index contributed by atoms with van der Waals surface area (Å²) in [6.07, 6.45) is 10.3. The lowest BCUT2D eigenvalue weighted by molar-refractivity contribution is -0.115. The zero-order chi connectivity index (χ0) is 12.9. The maximum atomic E-state index is 11.7. The van der Waals surface area contributed by atoms with Crippen LogP contribution in [0.2, 0.25) is 0 Å². The Bertz CT molecular complexity index is 293. The van der Waals surface area contributed by atoms with Gasteiger partial charge >= 0.3 is 0 Å². The van der Waals surface area contributed by atoms with Crippen LogP contribution in [0.1, 0.15) is 33.1 Å². The number of thioether (sulfide) groups is 1. The van der Waals surface area contributed by atoms with Crippen LogP contribution in [0, 0.1) is 0 Å². The van der Waals surface area contributed by atoms with E-state index in [0.29, 0.717) is 13.0 Å². The fraction of sp³-hybridized carbons (Fsp3) is 0.500. The number of Topliss-reactive ketones (excluding diaryl/α,β-unsaturated/α-hetero) is 1. The zero-order valence-electron chi connectivity index (χ0n) is 10.8. The summed E-state index contributed by atoms with van der Waals surface area (Å²) in [5.74, 6) is 1.22. The maximum Gasteiger partial charge on any atom is 0.164 e. The monoisotopic (exact) mass is 253 g/mol. The summed E-state index contributed by atoms with van der Waals surface area (Å²) < 4.78 is 0. The molecule has 0 aliphatic rings. The van der Waals surface area contributed by atoms with Gasteiger partial charge in [0.2, 0.25) is 0 Å². The average Bonchev–Trinajstić information content (AvgIpc) is 2.33. The fourth-order valence-corrected chi connectivity index (χ4v) is 1.97. The van der Waals surface area contributed by atoms with Crippen molar-refractivity contribution in [1.82, 2.24) is 0 Å². The van der Waals surface area contributed by atoms with Gasteiger partial charge in [0.25, 0.3) is 0 Å². The van der Waals surface area contributed by atoms with Crippen molar-refractivity contribution in [3.8, 4) is 0 Å². The van der Waals surface area contributed by atoms with Crippen molar-refractivity contribution in [1.29, 1.82) is 0 Å². The number of carbonyl (C=O) groups is 1. The Morgan fingerprint density at radius 2 is 2.18 bits per heavy atom. The van der Waals surface area contributed by atoms with Crippen LogP contribution in [0.25, 0.3) is 0 Å². The van der Waals surface area contributed by atoms with Gasteiger partial charge in [-0.25, -0.2) is 0 Å². The van der Waals surface area contributed by atoms with Crippen LogP contribution in [0.5, 0.6) is 0 Å². The van der Waals surface area contributed by atoms with E-state index in [1.165, 1.54) is 12.8 Å². The van der Waals surface area contributed by atoms with Gasteiger partial charge in [-0.3, -0.25) is 4.79 Å². The number of nitrogens with two attached hydrogens (primary N) is 1. The van der Waals surface area contributed by atoms with Gasteiger partial charge in [0.05, 0.1) is 0 Å². The average molecular weight is 253 g/mol. The van der Waals surface area contributed by atoms with Gasteiger partial charge in [-0.15, -0.1) is 11.8 Å². The van der Waals surface area contributed by atoms with Crippen LogP contribution in [-0.2, 0) is 4.79 Å². The number of hydrogen-bond acceptors (Lipinski definition) is 3. The van der Waals surface area contributed by atoms with E-state index in [9.17, 15) is 4.79 Å². The molecule has 2 N–H and O–H groups in total. The van der Waals surface area contributed by atoms with Crippen LogP contribution >= 0.6 is 11.8 Å². The van der Waals surface area contributed by atoms with E-state index in [-0.39, 0.29) is 5.78 Å². The molecular weight excluding hydrogens is 230 g/mol. The van der Waals surface area contributed by atoms with Crippen molar-refractivity contribution in [2.24, 2.45) is 5.73 Å². The summed E-state index contributed by atoms with van der Waals surface area (Å²) in [4.78, 5) is 11.7. The molecule has 0 saturated heterocycles. The SMILES string of the molecule is C\C=C/C=C(\C=C\SCCCC)C(=O)CCN. The minimum atomic E-state index is 0.109. The fourth-order valence-electron chi connectivity index (χ4n) is 1.13. The van der Waals surface area contributed by atoms with Crippen molar-refractivity contribution in [2.45, 2.75) is 33.1 Å². The third-order valence-corrected chi connectivity index (χ3v) is 2.97. The molecule has 2 nitrogen and oxygen atoms in total.